The highest BCUT2D eigenvalue weighted by molar-refractivity contribution is 7.51. The minimum absolute atomic E-state index is 0.0619. The van der Waals surface area contributed by atoms with Crippen LogP contribution in [0.25, 0.3) is 0 Å². The van der Waals surface area contributed by atoms with E-state index in [4.69, 9.17) is 9.79 Å². The molecule has 0 saturated heterocycles. The van der Waals surface area contributed by atoms with Crippen molar-refractivity contribution >= 4 is 7.60 Å². The van der Waals surface area contributed by atoms with Crippen molar-refractivity contribution in [3.8, 4) is 0 Å². The molecule has 0 bridgehead atoms. The number of rotatable bonds is 28. The Balaban J connectivity index is 3.03. The second-order valence-corrected chi connectivity index (χ2v) is 12.4. The van der Waals surface area contributed by atoms with Gasteiger partial charge in [0.1, 0.15) is 0 Å². The summed E-state index contributed by atoms with van der Waals surface area (Å²) in [6.45, 7) is 2.29. The second kappa shape index (κ2) is 26.7. The summed E-state index contributed by atoms with van der Waals surface area (Å²) in [4.78, 5) is 17.6. The molecule has 0 aromatic heterocycles. The predicted octanol–water partition coefficient (Wildman–Crippen LogP) is 10.7. The fraction of sp³-hybridized carbons (Fsp3) is 1.00. The quantitative estimate of drug-likeness (QED) is 0.0850. The van der Waals surface area contributed by atoms with Crippen molar-refractivity contribution in [2.45, 2.75) is 180 Å². The summed E-state index contributed by atoms with van der Waals surface area (Å²) in [6.07, 6.45) is 36.9. The molecule has 0 aliphatic rings. The van der Waals surface area contributed by atoms with Crippen LogP contribution in [-0.2, 0) is 4.57 Å². The van der Waals surface area contributed by atoms with Gasteiger partial charge in [-0.25, -0.2) is 0 Å². The van der Waals surface area contributed by atoms with Gasteiger partial charge in [-0.2, -0.15) is 0 Å². The first kappa shape index (κ1) is 33.1. The summed E-state index contributed by atoms with van der Waals surface area (Å²) in [5.41, 5.74) is 0. The maximum Gasteiger partial charge on any atom is 0.325 e. The zero-order valence-corrected chi connectivity index (χ0v) is 23.4. The normalized spacial score (nSPS) is 12.0. The molecule has 0 rings (SSSR count). The van der Waals surface area contributed by atoms with Gasteiger partial charge in [-0.3, -0.25) is 4.57 Å². The van der Waals surface area contributed by atoms with Crippen LogP contribution < -0.4 is 0 Å². The van der Waals surface area contributed by atoms with Gasteiger partial charge in [0.15, 0.2) is 0 Å². The van der Waals surface area contributed by atoms with Gasteiger partial charge in [0.2, 0.25) is 0 Å². The Labute approximate surface area is 208 Å². The highest BCUT2D eigenvalue weighted by atomic mass is 31.2. The second-order valence-electron chi connectivity index (χ2n) is 10.6. The van der Waals surface area contributed by atoms with Gasteiger partial charge in [-0.05, 0) is 6.42 Å². The SMILES string of the molecule is CCCCCCCCCCCCCCCCCCCCCCCCCCCCCP(=O)(O)O. The molecule has 0 saturated carbocycles. The van der Waals surface area contributed by atoms with E-state index < -0.39 is 7.60 Å². The fourth-order valence-electron chi connectivity index (χ4n) is 4.81. The summed E-state index contributed by atoms with van der Waals surface area (Å²) in [5, 5.41) is 0. The molecule has 0 aliphatic carbocycles. The minimum Gasteiger partial charge on any atom is -0.324 e. The number of hydrogen-bond donors (Lipinski definition) is 2. The highest BCUT2D eigenvalue weighted by Crippen LogP contribution is 2.35. The van der Waals surface area contributed by atoms with E-state index in [1.54, 1.807) is 0 Å². The molecule has 200 valence electrons. The molecule has 0 amide bonds. The third-order valence-corrected chi connectivity index (χ3v) is 7.95. The highest BCUT2D eigenvalue weighted by Gasteiger charge is 2.10. The van der Waals surface area contributed by atoms with Gasteiger partial charge in [0, 0.05) is 6.16 Å². The fourth-order valence-corrected chi connectivity index (χ4v) is 5.45. The average molecular weight is 489 g/mol. The van der Waals surface area contributed by atoms with Crippen LogP contribution >= 0.6 is 7.60 Å². The topological polar surface area (TPSA) is 57.5 Å². The molecule has 0 aromatic rings. The lowest BCUT2D eigenvalue weighted by atomic mass is 10.0. The smallest absolute Gasteiger partial charge is 0.324 e. The van der Waals surface area contributed by atoms with Crippen molar-refractivity contribution in [3.63, 3.8) is 0 Å². The van der Waals surface area contributed by atoms with E-state index in [1.807, 2.05) is 0 Å². The Kier molecular flexibility index (Phi) is 26.9. The number of hydrogen-bond acceptors (Lipinski definition) is 1. The molecule has 33 heavy (non-hydrogen) atoms. The third kappa shape index (κ3) is 32.1. The summed E-state index contributed by atoms with van der Waals surface area (Å²) >= 11 is 0. The predicted molar refractivity (Wildman–Crippen MR) is 147 cm³/mol. The molecule has 0 aromatic carbocycles. The van der Waals surface area contributed by atoms with Crippen LogP contribution in [0.15, 0.2) is 0 Å². The number of unbranched alkanes of at least 4 members (excludes halogenated alkanes) is 26. The van der Waals surface area contributed by atoms with Crippen LogP contribution in [0, 0.1) is 0 Å². The molecule has 0 heterocycles. The Morgan fingerprint density at radius 2 is 0.545 bits per heavy atom. The molecule has 0 aliphatic heterocycles. The third-order valence-electron chi connectivity index (χ3n) is 7.05. The van der Waals surface area contributed by atoms with Crippen molar-refractivity contribution in [3.05, 3.63) is 0 Å². The van der Waals surface area contributed by atoms with E-state index in [0.717, 1.165) is 12.8 Å². The first-order chi connectivity index (χ1) is 16.1. The van der Waals surface area contributed by atoms with Gasteiger partial charge in [-0.15, -0.1) is 0 Å². The Morgan fingerprint density at radius 1 is 0.364 bits per heavy atom. The van der Waals surface area contributed by atoms with E-state index in [0.29, 0.717) is 6.42 Å². The molecule has 0 fully saturated rings. The first-order valence-electron chi connectivity index (χ1n) is 15.1. The van der Waals surface area contributed by atoms with Crippen molar-refractivity contribution in [1.29, 1.82) is 0 Å². The lowest BCUT2D eigenvalue weighted by Gasteiger charge is -2.05. The van der Waals surface area contributed by atoms with Gasteiger partial charge in [0.25, 0.3) is 0 Å². The lowest BCUT2D eigenvalue weighted by molar-refractivity contribution is 0.370. The Bertz CT molecular complexity index is 408. The van der Waals surface area contributed by atoms with Crippen molar-refractivity contribution in [2.24, 2.45) is 0 Å². The molecule has 2 N–H and O–H groups in total. The van der Waals surface area contributed by atoms with Crippen LogP contribution in [0.3, 0.4) is 0 Å². The Hall–Kier alpha value is 0.150. The minimum atomic E-state index is -3.77. The molecular weight excluding hydrogens is 427 g/mol. The Morgan fingerprint density at radius 3 is 0.727 bits per heavy atom. The van der Waals surface area contributed by atoms with Gasteiger partial charge < -0.3 is 9.79 Å². The van der Waals surface area contributed by atoms with Crippen molar-refractivity contribution in [1.82, 2.24) is 0 Å². The zero-order valence-electron chi connectivity index (χ0n) is 22.5. The van der Waals surface area contributed by atoms with Gasteiger partial charge in [-0.1, -0.05) is 174 Å². The van der Waals surface area contributed by atoms with Gasteiger partial charge in [0.05, 0.1) is 0 Å². The van der Waals surface area contributed by atoms with Crippen LogP contribution in [-0.4, -0.2) is 15.9 Å². The molecule has 0 spiro atoms. The average Bonchev–Trinajstić information content (AvgIpc) is 2.78. The summed E-state index contributed by atoms with van der Waals surface area (Å²) < 4.78 is 10.8. The molecule has 0 atom stereocenters. The monoisotopic (exact) mass is 488 g/mol. The van der Waals surface area contributed by atoms with E-state index in [1.165, 1.54) is 154 Å². The van der Waals surface area contributed by atoms with E-state index in [9.17, 15) is 4.57 Å². The van der Waals surface area contributed by atoms with E-state index >= 15 is 0 Å². The summed E-state index contributed by atoms with van der Waals surface area (Å²) in [7, 11) is -3.77. The molecule has 3 nitrogen and oxygen atoms in total. The van der Waals surface area contributed by atoms with E-state index in [-0.39, 0.29) is 6.16 Å². The largest absolute Gasteiger partial charge is 0.325 e. The first-order valence-corrected chi connectivity index (χ1v) is 16.9. The molecule has 4 heteroatoms. The molecule has 0 unspecified atom stereocenters. The van der Waals surface area contributed by atoms with Crippen molar-refractivity contribution < 1.29 is 14.4 Å². The maximum absolute atomic E-state index is 10.8. The summed E-state index contributed by atoms with van der Waals surface area (Å²) in [6, 6.07) is 0. The maximum atomic E-state index is 10.8. The molecule has 0 radical (unpaired) electrons. The van der Waals surface area contributed by atoms with Crippen LogP contribution in [0.2, 0.25) is 0 Å². The van der Waals surface area contributed by atoms with E-state index in [2.05, 4.69) is 6.92 Å². The van der Waals surface area contributed by atoms with Crippen LogP contribution in [0.4, 0.5) is 0 Å². The molecular formula is C29H61O3P. The van der Waals surface area contributed by atoms with Gasteiger partial charge >= 0.3 is 7.60 Å². The zero-order chi connectivity index (χ0) is 24.3. The van der Waals surface area contributed by atoms with Crippen LogP contribution in [0.5, 0.6) is 0 Å². The van der Waals surface area contributed by atoms with Crippen LogP contribution in [0.1, 0.15) is 180 Å². The van der Waals surface area contributed by atoms with Crippen molar-refractivity contribution in [2.75, 3.05) is 6.16 Å². The lowest BCUT2D eigenvalue weighted by Crippen LogP contribution is -1.88. The summed E-state index contributed by atoms with van der Waals surface area (Å²) in [5.74, 6) is 0. The standard InChI is InChI=1S/C29H61O3P/c1-2-3-4-5-6-7-8-9-10-11-12-13-14-15-16-17-18-19-20-21-22-23-24-25-26-27-28-29-33(30,31)32/h2-29H2,1H3,(H2,30,31,32).